The molecule has 0 aromatic rings. The highest BCUT2D eigenvalue weighted by Gasteiger charge is 2.79. The van der Waals surface area contributed by atoms with Crippen molar-refractivity contribution >= 4 is 0 Å². The highest BCUT2D eigenvalue weighted by molar-refractivity contribution is 5.36. The molecule has 5 saturated heterocycles. The van der Waals surface area contributed by atoms with E-state index in [0.717, 1.165) is 25.7 Å². The number of rotatable bonds is 12. The normalized spacial score (nSPS) is 58.2. The summed E-state index contributed by atoms with van der Waals surface area (Å²) in [7, 11) is 0. The summed E-state index contributed by atoms with van der Waals surface area (Å²) in [4.78, 5) is 0. The summed E-state index contributed by atoms with van der Waals surface area (Å²) in [5.41, 5.74) is -2.76. The summed E-state index contributed by atoms with van der Waals surface area (Å²) in [6, 6.07) is 0. The van der Waals surface area contributed by atoms with Crippen LogP contribution in [0.25, 0.3) is 0 Å². The number of aliphatic hydroxyl groups is 13. The van der Waals surface area contributed by atoms with Gasteiger partial charge in [0, 0.05) is 22.2 Å². The zero-order valence-corrected chi connectivity index (χ0v) is 44.2. The number of fused-ring (bicyclic) bond motifs is 4. The molecule has 5 aliphatic carbocycles. The van der Waals surface area contributed by atoms with Gasteiger partial charge in [-0.25, -0.2) is 0 Å². The second kappa shape index (κ2) is 20.1. The van der Waals surface area contributed by atoms with Crippen LogP contribution < -0.4 is 0 Å². The Labute approximate surface area is 437 Å². The summed E-state index contributed by atoms with van der Waals surface area (Å²) in [5.74, 6) is 0.0625. The van der Waals surface area contributed by atoms with E-state index in [-0.39, 0.29) is 46.0 Å². The van der Waals surface area contributed by atoms with E-state index in [4.69, 9.17) is 42.6 Å². The van der Waals surface area contributed by atoms with Gasteiger partial charge in [0.15, 0.2) is 25.2 Å². The monoisotopic (exact) mass is 1070 g/mol. The van der Waals surface area contributed by atoms with E-state index in [9.17, 15) is 66.4 Å². The van der Waals surface area contributed by atoms with E-state index in [2.05, 4.69) is 46.8 Å². The molecule has 10 rings (SSSR count). The predicted molar refractivity (Wildman–Crippen MR) is 256 cm³/mol. The second-order valence-electron chi connectivity index (χ2n) is 26.1. The zero-order valence-electron chi connectivity index (χ0n) is 44.2. The molecule has 0 aromatic heterocycles. The molecule has 30 atom stereocenters. The molecule has 0 radical (unpaired) electrons. The van der Waals surface area contributed by atoms with Crippen LogP contribution in [-0.4, -0.2) is 234 Å². The molecule has 1 spiro atoms. The third-order valence-corrected chi connectivity index (χ3v) is 21.8. The molecule has 5 heterocycles. The van der Waals surface area contributed by atoms with Crippen LogP contribution in [0.15, 0.2) is 12.2 Å². The van der Waals surface area contributed by atoms with Crippen molar-refractivity contribution in [2.24, 2.45) is 50.2 Å². The van der Waals surface area contributed by atoms with Crippen LogP contribution in [0.3, 0.4) is 0 Å². The van der Waals surface area contributed by atoms with Gasteiger partial charge in [0.1, 0.15) is 85.5 Å². The number of hydrogen-bond acceptors (Lipinski definition) is 22. The molecule has 10 aliphatic rings. The molecule has 2 bridgehead atoms. The van der Waals surface area contributed by atoms with Gasteiger partial charge < -0.3 is 109 Å². The molecule has 0 aromatic carbocycles. The van der Waals surface area contributed by atoms with Crippen molar-refractivity contribution in [1.29, 1.82) is 0 Å². The topological polar surface area (TPSA) is 346 Å². The summed E-state index contributed by atoms with van der Waals surface area (Å²) >= 11 is 0. The summed E-state index contributed by atoms with van der Waals surface area (Å²) in [5, 5.41) is 143. The zero-order chi connectivity index (χ0) is 54.3. The average molecular weight is 1080 g/mol. The Morgan fingerprint density at radius 1 is 0.533 bits per heavy atom. The fraction of sp³-hybridized carbons (Fsp3) is 0.962. The van der Waals surface area contributed by atoms with Gasteiger partial charge in [-0.05, 0) is 86.4 Å². The van der Waals surface area contributed by atoms with Crippen molar-refractivity contribution in [2.75, 3.05) is 33.0 Å². The maximum absolute atomic E-state index is 12.3. The smallest absolute Gasteiger partial charge is 0.187 e. The van der Waals surface area contributed by atoms with Crippen LogP contribution in [0.2, 0.25) is 0 Å². The van der Waals surface area contributed by atoms with Crippen molar-refractivity contribution in [1.82, 2.24) is 0 Å². The average Bonchev–Trinajstić information content (AvgIpc) is 3.83. The van der Waals surface area contributed by atoms with Gasteiger partial charge in [-0.2, -0.15) is 0 Å². The van der Waals surface area contributed by atoms with Crippen molar-refractivity contribution in [3.63, 3.8) is 0 Å². The van der Waals surface area contributed by atoms with Gasteiger partial charge in [0.05, 0.1) is 56.9 Å². The second-order valence-corrected chi connectivity index (χ2v) is 26.1. The first-order valence-electron chi connectivity index (χ1n) is 27.4. The molecule has 22 nitrogen and oxygen atoms in total. The number of aliphatic hydroxyl groups excluding tert-OH is 13. The van der Waals surface area contributed by atoms with E-state index in [0.29, 0.717) is 32.3 Å². The molecule has 5 aliphatic heterocycles. The standard InChI is InChI=1S/C53H86O22/c1-23-32(59)41(74-45-39(66)36(63)40(26(20-56)71-45)73-43-37(64)34(61)25(19-55)70-43)42(75-44-38(65)35(62)33(60)24(18-54)69-44)46(68-23)72-31-10-11-48(4)27(49(31,5)21-57)8-12-50(6)28(48)9-13-53-29-16-47(2,3)14-15-52(29,22-67-53)30(58)17-51(50,53)7/h9,13,23-46,54-66H,8,10-12,14-22H2,1-7H3/t23-,24-,25-,26-,27-,28-,29-,30+,31+,32+,33-,34+,35+,36-,37-,38-,39-,40-,41+,42-,43+,44+,45+,46+,48+,49+,50-,51+,52-,53+/m1/s1. The number of ether oxygens (including phenoxy) is 9. The van der Waals surface area contributed by atoms with Gasteiger partial charge in [-0.1, -0.05) is 53.7 Å². The first kappa shape index (κ1) is 57.1. The van der Waals surface area contributed by atoms with Gasteiger partial charge >= 0.3 is 0 Å². The molecular formula is C53H86O22. The Bertz CT molecular complexity index is 2070. The molecule has 0 unspecified atom stereocenters. The number of allylic oxidation sites excluding steroid dienone is 1. The van der Waals surface area contributed by atoms with Gasteiger partial charge in [-0.15, -0.1) is 0 Å². The molecule has 13 N–H and O–H groups in total. The molecular weight excluding hydrogens is 989 g/mol. The highest BCUT2D eigenvalue weighted by atomic mass is 16.8. The van der Waals surface area contributed by atoms with Crippen molar-refractivity contribution in [3.8, 4) is 0 Å². The van der Waals surface area contributed by atoms with E-state index in [1.807, 2.05) is 6.92 Å². The lowest BCUT2D eigenvalue weighted by Gasteiger charge is -2.73. The van der Waals surface area contributed by atoms with Crippen LogP contribution in [0.5, 0.6) is 0 Å². The quantitative estimate of drug-likeness (QED) is 0.0747. The Balaban J connectivity index is 0.937. The van der Waals surface area contributed by atoms with E-state index >= 15 is 0 Å². The van der Waals surface area contributed by atoms with E-state index < -0.39 is 165 Å². The first-order valence-corrected chi connectivity index (χ1v) is 27.4. The predicted octanol–water partition coefficient (Wildman–Crippen LogP) is -1.94. The molecule has 9 fully saturated rings. The summed E-state index contributed by atoms with van der Waals surface area (Å²) in [6.07, 6.45) is -21.8. The maximum atomic E-state index is 12.3. The fourth-order valence-corrected chi connectivity index (χ4v) is 17.0. The third kappa shape index (κ3) is 8.47. The maximum Gasteiger partial charge on any atom is 0.187 e. The van der Waals surface area contributed by atoms with Crippen LogP contribution in [0.4, 0.5) is 0 Å². The van der Waals surface area contributed by atoms with Crippen LogP contribution >= 0.6 is 0 Å². The minimum atomic E-state index is -2.00. The minimum absolute atomic E-state index is 0.0256. The summed E-state index contributed by atoms with van der Waals surface area (Å²) in [6.45, 7) is 13.1. The lowest BCUT2D eigenvalue weighted by Crippen LogP contribution is -2.72. The molecule has 22 heteroatoms. The van der Waals surface area contributed by atoms with Gasteiger partial charge in [0.25, 0.3) is 0 Å². The van der Waals surface area contributed by atoms with Crippen molar-refractivity contribution < 1.29 is 109 Å². The van der Waals surface area contributed by atoms with Crippen molar-refractivity contribution in [2.45, 2.75) is 234 Å². The molecule has 430 valence electrons. The third-order valence-electron chi connectivity index (χ3n) is 21.8. The lowest BCUT2D eigenvalue weighted by molar-refractivity contribution is -0.400. The van der Waals surface area contributed by atoms with Gasteiger partial charge in [-0.3, -0.25) is 0 Å². The van der Waals surface area contributed by atoms with Crippen LogP contribution in [-0.2, 0) is 42.6 Å². The van der Waals surface area contributed by atoms with Crippen molar-refractivity contribution in [3.05, 3.63) is 12.2 Å². The molecule has 75 heavy (non-hydrogen) atoms. The minimum Gasteiger partial charge on any atom is -0.396 e. The molecule has 4 saturated carbocycles. The Hall–Kier alpha value is -1.14. The fourth-order valence-electron chi connectivity index (χ4n) is 17.0. The van der Waals surface area contributed by atoms with Gasteiger partial charge in [0.2, 0.25) is 0 Å². The Morgan fingerprint density at radius 3 is 1.73 bits per heavy atom. The lowest BCUT2D eigenvalue weighted by atomic mass is 9.32. The van der Waals surface area contributed by atoms with Crippen LogP contribution in [0.1, 0.15) is 99.8 Å². The largest absolute Gasteiger partial charge is 0.396 e. The Morgan fingerprint density at radius 2 is 1.11 bits per heavy atom. The van der Waals surface area contributed by atoms with E-state index in [1.165, 1.54) is 6.92 Å². The first-order chi connectivity index (χ1) is 35.2. The highest BCUT2D eigenvalue weighted by Crippen LogP contribution is 2.79. The van der Waals surface area contributed by atoms with E-state index in [1.54, 1.807) is 0 Å². The SMILES string of the molecule is C[C@H]1O[C@@H](O[C@H]2CC[C@@]3(C)[C@@H](CC[C@]4(C)[C@@H]3C=C[C@]35OC[C@@]6(CCC(C)(C)C[C@H]63)[C@@H](O)C[C@]54C)[C@]2(C)CO)[C@H](O[C@@H]2O[C@H](CO)[C@@H](O)[C@H](O)[C@H]2O)[C@@H](O[C@@H]2O[C@H](CO)[C@@H](O[C@@H]3O[C@H](CO)[C@H](O)[C@H]3O)[C@H](O)[C@H]2O)[C@H]1O. The summed E-state index contributed by atoms with van der Waals surface area (Å²) < 4.78 is 56.2. The Kier molecular flexibility index (Phi) is 15.3. The number of hydrogen-bond donors (Lipinski definition) is 13. The van der Waals surface area contributed by atoms with Crippen LogP contribution in [0, 0.1) is 50.2 Å². The molecule has 0 amide bonds.